The van der Waals surface area contributed by atoms with Crippen molar-refractivity contribution in [3.05, 3.63) is 63.7 Å². The van der Waals surface area contributed by atoms with Crippen LogP contribution < -0.4 is 4.74 Å². The Balaban J connectivity index is 2.04. The number of fused-ring (bicyclic) bond motifs is 1. The zero-order chi connectivity index (χ0) is 15.0. The van der Waals surface area contributed by atoms with Crippen LogP contribution >= 0.6 is 0 Å². The first-order valence-electron chi connectivity index (χ1n) is 7.13. The van der Waals surface area contributed by atoms with Gasteiger partial charge in [0, 0.05) is 5.56 Å². The number of rotatable bonds is 3. The Morgan fingerprint density at radius 2 is 1.86 bits per heavy atom. The molecule has 0 saturated heterocycles. The van der Waals surface area contributed by atoms with Crippen molar-refractivity contribution in [3.63, 3.8) is 0 Å². The first-order chi connectivity index (χ1) is 10.1. The lowest BCUT2D eigenvalue weighted by molar-refractivity contribution is 0.134. The van der Waals surface area contributed by atoms with E-state index in [0.29, 0.717) is 13.2 Å². The molecular formula is C18H20O3. The van der Waals surface area contributed by atoms with Gasteiger partial charge in [-0.1, -0.05) is 24.3 Å². The second-order valence-corrected chi connectivity index (χ2v) is 5.62. The highest BCUT2D eigenvalue weighted by Crippen LogP contribution is 2.35. The first kappa shape index (κ1) is 14.1. The summed E-state index contributed by atoms with van der Waals surface area (Å²) in [4.78, 5) is 0. The average molecular weight is 284 g/mol. The molecule has 1 aliphatic rings. The minimum atomic E-state index is -0.688. The smallest absolute Gasteiger partial charge is 0.125 e. The zero-order valence-electron chi connectivity index (χ0n) is 12.6. The second-order valence-electron chi connectivity index (χ2n) is 5.62. The number of benzene rings is 2. The van der Waals surface area contributed by atoms with Gasteiger partial charge >= 0.3 is 0 Å². The Morgan fingerprint density at radius 3 is 2.62 bits per heavy atom. The summed E-state index contributed by atoms with van der Waals surface area (Å²) < 4.78 is 10.9. The molecule has 0 saturated carbocycles. The van der Waals surface area contributed by atoms with E-state index in [1.165, 1.54) is 5.56 Å². The summed E-state index contributed by atoms with van der Waals surface area (Å²) in [5.41, 5.74) is 6.25. The van der Waals surface area contributed by atoms with Crippen molar-refractivity contribution in [2.45, 2.75) is 33.2 Å². The number of aryl methyl sites for hydroxylation is 2. The molecule has 1 aliphatic heterocycles. The molecule has 2 aromatic rings. The molecule has 1 heterocycles. The molecular weight excluding hydrogens is 264 g/mol. The Labute approximate surface area is 125 Å². The van der Waals surface area contributed by atoms with E-state index in [2.05, 4.69) is 6.07 Å². The van der Waals surface area contributed by atoms with Crippen molar-refractivity contribution in [1.29, 1.82) is 0 Å². The maximum Gasteiger partial charge on any atom is 0.125 e. The lowest BCUT2D eigenvalue weighted by atomic mass is 9.93. The topological polar surface area (TPSA) is 38.7 Å². The van der Waals surface area contributed by atoms with Crippen molar-refractivity contribution in [3.8, 4) is 5.75 Å². The fourth-order valence-corrected chi connectivity index (χ4v) is 2.99. The minimum absolute atomic E-state index is 0.625. The van der Waals surface area contributed by atoms with Gasteiger partial charge in [-0.25, -0.2) is 0 Å². The number of aliphatic hydroxyl groups is 1. The molecule has 0 radical (unpaired) electrons. The highest BCUT2D eigenvalue weighted by atomic mass is 16.5. The molecule has 1 unspecified atom stereocenters. The van der Waals surface area contributed by atoms with Crippen LogP contribution in [0.5, 0.6) is 5.75 Å². The average Bonchev–Trinajstić information content (AvgIpc) is 2.93. The molecule has 0 aromatic heterocycles. The van der Waals surface area contributed by atoms with E-state index in [-0.39, 0.29) is 0 Å². The maximum atomic E-state index is 10.8. The van der Waals surface area contributed by atoms with Gasteiger partial charge < -0.3 is 14.6 Å². The molecule has 3 rings (SSSR count). The summed E-state index contributed by atoms with van der Waals surface area (Å²) >= 11 is 0. The molecule has 0 spiro atoms. The molecule has 110 valence electrons. The van der Waals surface area contributed by atoms with Crippen LogP contribution in [-0.4, -0.2) is 12.2 Å². The number of methoxy groups -OCH3 is 1. The van der Waals surface area contributed by atoms with Crippen LogP contribution in [0.25, 0.3) is 0 Å². The quantitative estimate of drug-likeness (QED) is 0.938. The third-order valence-electron chi connectivity index (χ3n) is 4.05. The number of aliphatic hydroxyl groups excluding tert-OH is 1. The fraction of sp³-hybridized carbons (Fsp3) is 0.333. The Kier molecular flexibility index (Phi) is 3.70. The lowest BCUT2D eigenvalue weighted by Crippen LogP contribution is -2.06. The van der Waals surface area contributed by atoms with Gasteiger partial charge in [0.25, 0.3) is 0 Å². The van der Waals surface area contributed by atoms with Gasteiger partial charge in [0.05, 0.1) is 20.3 Å². The minimum Gasteiger partial charge on any atom is -0.496 e. The van der Waals surface area contributed by atoms with Crippen LogP contribution in [0.4, 0.5) is 0 Å². The van der Waals surface area contributed by atoms with Crippen LogP contribution in [0.1, 0.15) is 39.5 Å². The number of hydrogen-bond acceptors (Lipinski definition) is 3. The summed E-state index contributed by atoms with van der Waals surface area (Å²) in [6.07, 6.45) is -0.688. The molecule has 1 N–H and O–H groups in total. The van der Waals surface area contributed by atoms with Crippen molar-refractivity contribution < 1.29 is 14.6 Å². The van der Waals surface area contributed by atoms with Gasteiger partial charge in [-0.2, -0.15) is 0 Å². The molecule has 2 aromatic carbocycles. The SMILES string of the molecule is COc1cc(C)cc(C)c1C(O)c1ccc2c(c1)COC2. The van der Waals surface area contributed by atoms with Crippen molar-refractivity contribution in [1.82, 2.24) is 0 Å². The molecule has 3 heteroatoms. The molecule has 0 bridgehead atoms. The largest absolute Gasteiger partial charge is 0.496 e. The summed E-state index contributed by atoms with van der Waals surface area (Å²) in [6.45, 7) is 5.32. The molecule has 3 nitrogen and oxygen atoms in total. The van der Waals surface area contributed by atoms with Gasteiger partial charge in [-0.05, 0) is 47.7 Å². The first-order valence-corrected chi connectivity index (χ1v) is 7.13. The summed E-state index contributed by atoms with van der Waals surface area (Å²) in [7, 11) is 1.64. The van der Waals surface area contributed by atoms with E-state index in [0.717, 1.165) is 33.6 Å². The monoisotopic (exact) mass is 284 g/mol. The van der Waals surface area contributed by atoms with E-state index in [4.69, 9.17) is 9.47 Å². The normalized spacial score (nSPS) is 14.9. The van der Waals surface area contributed by atoms with Gasteiger partial charge in [-0.15, -0.1) is 0 Å². The Bertz CT molecular complexity index is 676. The van der Waals surface area contributed by atoms with Crippen LogP contribution in [0.15, 0.2) is 30.3 Å². The van der Waals surface area contributed by atoms with Crippen LogP contribution in [0.3, 0.4) is 0 Å². The van der Waals surface area contributed by atoms with E-state index in [1.54, 1.807) is 7.11 Å². The van der Waals surface area contributed by atoms with Crippen molar-refractivity contribution >= 4 is 0 Å². The predicted octanol–water partition coefficient (Wildman–Crippen LogP) is 3.42. The molecule has 0 amide bonds. The van der Waals surface area contributed by atoms with Crippen LogP contribution in [0.2, 0.25) is 0 Å². The summed E-state index contributed by atoms with van der Waals surface area (Å²) in [6, 6.07) is 10.1. The predicted molar refractivity (Wildman–Crippen MR) is 81.5 cm³/mol. The molecule has 0 fully saturated rings. The fourth-order valence-electron chi connectivity index (χ4n) is 2.99. The molecule has 21 heavy (non-hydrogen) atoms. The van der Waals surface area contributed by atoms with Gasteiger partial charge in [0.15, 0.2) is 0 Å². The van der Waals surface area contributed by atoms with Crippen molar-refractivity contribution in [2.75, 3.05) is 7.11 Å². The van der Waals surface area contributed by atoms with E-state index < -0.39 is 6.10 Å². The van der Waals surface area contributed by atoms with E-state index >= 15 is 0 Å². The van der Waals surface area contributed by atoms with Gasteiger partial charge in [0.1, 0.15) is 11.9 Å². The molecule has 1 atom stereocenters. The highest BCUT2D eigenvalue weighted by Gasteiger charge is 2.20. The standard InChI is InChI=1S/C18H20O3/c1-11-6-12(2)17(16(7-11)20-3)18(19)13-4-5-14-9-21-10-15(14)8-13/h4-8,18-19H,9-10H2,1-3H3. The van der Waals surface area contributed by atoms with E-state index in [9.17, 15) is 5.11 Å². The third-order valence-corrected chi connectivity index (χ3v) is 4.05. The van der Waals surface area contributed by atoms with Crippen LogP contribution in [0, 0.1) is 13.8 Å². The second kappa shape index (κ2) is 5.51. The lowest BCUT2D eigenvalue weighted by Gasteiger charge is -2.19. The highest BCUT2D eigenvalue weighted by molar-refractivity contribution is 5.48. The summed E-state index contributed by atoms with van der Waals surface area (Å²) in [5.74, 6) is 0.733. The maximum absolute atomic E-state index is 10.8. The third kappa shape index (κ3) is 2.55. The van der Waals surface area contributed by atoms with Gasteiger partial charge in [0.2, 0.25) is 0 Å². The van der Waals surface area contributed by atoms with Gasteiger partial charge in [-0.3, -0.25) is 0 Å². The Hall–Kier alpha value is -1.84. The Morgan fingerprint density at radius 1 is 1.10 bits per heavy atom. The summed E-state index contributed by atoms with van der Waals surface area (Å²) in [5, 5.41) is 10.8. The van der Waals surface area contributed by atoms with Crippen LogP contribution in [-0.2, 0) is 18.0 Å². The number of hydrogen-bond donors (Lipinski definition) is 1. The number of ether oxygens (including phenoxy) is 2. The van der Waals surface area contributed by atoms with Crippen molar-refractivity contribution in [2.24, 2.45) is 0 Å². The molecule has 0 aliphatic carbocycles. The van der Waals surface area contributed by atoms with E-state index in [1.807, 2.05) is 38.1 Å². The zero-order valence-corrected chi connectivity index (χ0v) is 12.6.